The number of aryl methyl sites for hydroxylation is 1. The summed E-state index contributed by atoms with van der Waals surface area (Å²) in [5, 5.41) is 5.90. The van der Waals surface area contributed by atoms with Crippen LogP contribution < -0.4 is 10.6 Å². The van der Waals surface area contributed by atoms with Crippen LogP contribution in [0, 0.1) is 6.92 Å². The fourth-order valence-corrected chi connectivity index (χ4v) is 5.03. The predicted molar refractivity (Wildman–Crippen MR) is 135 cm³/mol. The SMILES string of the molecule is CC(=O)Nc1ccc(NC(=O)CN(Cc2c(Cl)cccc2Cl)S(=O)(=O)c2ccc(C)cc2)cc1. The second kappa shape index (κ2) is 11.0. The predicted octanol–water partition coefficient (Wildman–Crippen LogP) is 5.09. The van der Waals surface area contributed by atoms with Crippen LogP contribution in [-0.2, 0) is 26.2 Å². The average Bonchev–Trinajstić information content (AvgIpc) is 2.77. The molecule has 2 N–H and O–H groups in total. The molecule has 3 rings (SSSR count). The Morgan fingerprint density at radius 2 is 1.38 bits per heavy atom. The first kappa shape index (κ1) is 25.7. The highest BCUT2D eigenvalue weighted by Crippen LogP contribution is 2.28. The molecule has 0 aliphatic carbocycles. The van der Waals surface area contributed by atoms with Gasteiger partial charge in [0.05, 0.1) is 11.4 Å². The zero-order valence-electron chi connectivity index (χ0n) is 18.5. The summed E-state index contributed by atoms with van der Waals surface area (Å²) in [6, 6.07) is 17.7. The molecule has 0 aliphatic heterocycles. The van der Waals surface area contributed by atoms with Crippen molar-refractivity contribution in [3.05, 3.63) is 87.9 Å². The van der Waals surface area contributed by atoms with Crippen LogP contribution in [0.5, 0.6) is 0 Å². The molecule has 0 spiro atoms. The van der Waals surface area contributed by atoms with Crippen molar-refractivity contribution in [1.82, 2.24) is 4.31 Å². The van der Waals surface area contributed by atoms with Gasteiger partial charge in [0, 0.05) is 40.5 Å². The van der Waals surface area contributed by atoms with E-state index < -0.39 is 22.5 Å². The van der Waals surface area contributed by atoms with E-state index in [1.165, 1.54) is 19.1 Å². The molecule has 0 fully saturated rings. The van der Waals surface area contributed by atoms with Crippen LogP contribution in [0.2, 0.25) is 10.0 Å². The molecule has 0 radical (unpaired) electrons. The second-order valence-corrected chi connectivity index (χ2v) is 10.3. The van der Waals surface area contributed by atoms with Crippen molar-refractivity contribution in [2.24, 2.45) is 0 Å². The molecule has 3 aromatic carbocycles. The number of hydrogen-bond acceptors (Lipinski definition) is 4. The Labute approximate surface area is 208 Å². The molecule has 2 amide bonds. The minimum Gasteiger partial charge on any atom is -0.326 e. The number of anilines is 2. The highest BCUT2D eigenvalue weighted by atomic mass is 35.5. The van der Waals surface area contributed by atoms with Gasteiger partial charge < -0.3 is 10.6 Å². The summed E-state index contributed by atoms with van der Waals surface area (Å²) in [5.74, 6) is -0.766. The van der Waals surface area contributed by atoms with E-state index in [4.69, 9.17) is 23.2 Å². The number of sulfonamides is 1. The maximum Gasteiger partial charge on any atom is 0.243 e. The second-order valence-electron chi connectivity index (χ2n) is 7.59. The van der Waals surface area contributed by atoms with Crippen molar-refractivity contribution in [1.29, 1.82) is 0 Å². The van der Waals surface area contributed by atoms with Gasteiger partial charge >= 0.3 is 0 Å². The van der Waals surface area contributed by atoms with E-state index in [-0.39, 0.29) is 17.3 Å². The normalized spacial score (nSPS) is 11.3. The van der Waals surface area contributed by atoms with Crippen LogP contribution >= 0.6 is 23.2 Å². The largest absolute Gasteiger partial charge is 0.326 e. The van der Waals surface area contributed by atoms with Crippen LogP contribution in [0.25, 0.3) is 0 Å². The monoisotopic (exact) mass is 519 g/mol. The van der Waals surface area contributed by atoms with Crippen LogP contribution in [0.1, 0.15) is 18.1 Å². The van der Waals surface area contributed by atoms with Crippen LogP contribution in [0.3, 0.4) is 0 Å². The molecule has 0 saturated carbocycles. The maximum absolute atomic E-state index is 13.4. The molecule has 0 unspecified atom stereocenters. The summed E-state index contributed by atoms with van der Waals surface area (Å²) in [7, 11) is -4.05. The summed E-state index contributed by atoms with van der Waals surface area (Å²) < 4.78 is 27.9. The lowest BCUT2D eigenvalue weighted by molar-refractivity contribution is -0.116. The van der Waals surface area contributed by atoms with Gasteiger partial charge in [0.15, 0.2) is 0 Å². The van der Waals surface area contributed by atoms with E-state index in [1.807, 2.05) is 6.92 Å². The van der Waals surface area contributed by atoms with Crippen molar-refractivity contribution >= 4 is 56.4 Å². The van der Waals surface area contributed by atoms with E-state index in [0.29, 0.717) is 27.0 Å². The van der Waals surface area contributed by atoms with Gasteiger partial charge in [-0.05, 0) is 55.5 Å². The zero-order valence-corrected chi connectivity index (χ0v) is 20.8. The Balaban J connectivity index is 1.86. The summed E-state index contributed by atoms with van der Waals surface area (Å²) in [4.78, 5) is 24.0. The van der Waals surface area contributed by atoms with E-state index in [2.05, 4.69) is 10.6 Å². The number of carbonyl (C=O) groups is 2. The topological polar surface area (TPSA) is 95.6 Å². The van der Waals surface area contributed by atoms with Crippen molar-refractivity contribution in [2.45, 2.75) is 25.3 Å². The maximum atomic E-state index is 13.4. The van der Waals surface area contributed by atoms with Crippen molar-refractivity contribution in [2.75, 3.05) is 17.2 Å². The minimum absolute atomic E-state index is 0.0498. The minimum atomic E-state index is -4.05. The van der Waals surface area contributed by atoms with Gasteiger partial charge in [-0.1, -0.05) is 47.0 Å². The first-order valence-corrected chi connectivity index (χ1v) is 12.4. The first-order chi connectivity index (χ1) is 16.1. The molecule has 178 valence electrons. The Hall–Kier alpha value is -2.91. The Bertz CT molecular complexity index is 1270. The van der Waals surface area contributed by atoms with Gasteiger partial charge in [0.2, 0.25) is 21.8 Å². The molecule has 3 aromatic rings. The Morgan fingerprint density at radius 3 is 1.91 bits per heavy atom. The number of rotatable bonds is 8. The van der Waals surface area contributed by atoms with Crippen LogP contribution in [0.15, 0.2) is 71.6 Å². The lowest BCUT2D eigenvalue weighted by atomic mass is 10.2. The van der Waals surface area contributed by atoms with E-state index in [9.17, 15) is 18.0 Å². The smallest absolute Gasteiger partial charge is 0.243 e. The number of hydrogen-bond donors (Lipinski definition) is 2. The van der Waals surface area contributed by atoms with Gasteiger partial charge in [0.1, 0.15) is 0 Å². The first-order valence-electron chi connectivity index (χ1n) is 10.2. The molecule has 0 aromatic heterocycles. The molecule has 0 heterocycles. The molecule has 34 heavy (non-hydrogen) atoms. The quantitative estimate of drug-likeness (QED) is 0.433. The van der Waals surface area contributed by atoms with Crippen molar-refractivity contribution in [3.63, 3.8) is 0 Å². The third-order valence-corrected chi connectivity index (χ3v) is 7.38. The van der Waals surface area contributed by atoms with Crippen LogP contribution in [-0.4, -0.2) is 31.1 Å². The van der Waals surface area contributed by atoms with Gasteiger partial charge in [-0.15, -0.1) is 0 Å². The van der Waals surface area contributed by atoms with Crippen LogP contribution in [0.4, 0.5) is 11.4 Å². The molecule has 0 bridgehead atoms. The standard InChI is InChI=1S/C24H23Cl2N3O4S/c1-16-6-12-20(13-7-16)34(32,33)29(14-21-22(25)4-3-5-23(21)26)15-24(31)28-19-10-8-18(9-11-19)27-17(2)30/h3-13H,14-15H2,1-2H3,(H,27,30)(H,28,31). The zero-order chi connectivity index (χ0) is 24.9. The van der Waals surface area contributed by atoms with Gasteiger partial charge in [-0.2, -0.15) is 4.31 Å². The molecular formula is C24H23Cl2N3O4S. The van der Waals surface area contributed by atoms with E-state index in [0.717, 1.165) is 9.87 Å². The number of benzene rings is 3. The summed E-state index contributed by atoms with van der Waals surface area (Å²) in [5.41, 5.74) is 2.32. The number of halogens is 2. The molecule has 10 heteroatoms. The average molecular weight is 520 g/mol. The summed E-state index contributed by atoms with van der Waals surface area (Å²) in [6.45, 7) is 2.58. The highest BCUT2D eigenvalue weighted by Gasteiger charge is 2.28. The third-order valence-electron chi connectivity index (χ3n) is 4.86. The highest BCUT2D eigenvalue weighted by molar-refractivity contribution is 7.89. The number of nitrogens with zero attached hydrogens (tertiary/aromatic N) is 1. The molecule has 0 saturated heterocycles. The lowest BCUT2D eigenvalue weighted by Gasteiger charge is -2.23. The van der Waals surface area contributed by atoms with Gasteiger partial charge in [0.25, 0.3) is 0 Å². The Morgan fingerprint density at radius 1 is 0.853 bits per heavy atom. The number of carbonyl (C=O) groups excluding carboxylic acids is 2. The summed E-state index contributed by atoms with van der Waals surface area (Å²) in [6.07, 6.45) is 0. The van der Waals surface area contributed by atoms with Gasteiger partial charge in [-0.25, -0.2) is 8.42 Å². The van der Waals surface area contributed by atoms with Crippen molar-refractivity contribution in [3.8, 4) is 0 Å². The number of nitrogens with one attached hydrogen (secondary N) is 2. The molecule has 0 atom stereocenters. The lowest BCUT2D eigenvalue weighted by Crippen LogP contribution is -2.37. The van der Waals surface area contributed by atoms with Gasteiger partial charge in [-0.3, -0.25) is 9.59 Å². The fraction of sp³-hybridized carbons (Fsp3) is 0.167. The number of amides is 2. The molecule has 0 aliphatic rings. The summed E-state index contributed by atoms with van der Waals surface area (Å²) >= 11 is 12.5. The van der Waals surface area contributed by atoms with E-state index in [1.54, 1.807) is 54.6 Å². The van der Waals surface area contributed by atoms with E-state index >= 15 is 0 Å². The molecule has 7 nitrogen and oxygen atoms in total. The third kappa shape index (κ3) is 6.57. The van der Waals surface area contributed by atoms with Crippen molar-refractivity contribution < 1.29 is 18.0 Å². The Kier molecular flexibility index (Phi) is 8.33. The fourth-order valence-electron chi connectivity index (χ4n) is 3.15. The molecular weight excluding hydrogens is 497 g/mol.